The fourth-order valence-electron chi connectivity index (χ4n) is 4.46. The number of hydroxylamine groups is 1. The largest absolute Gasteiger partial charge is 0.465 e. The van der Waals surface area contributed by atoms with Crippen molar-refractivity contribution in [2.24, 2.45) is 0 Å². The molecule has 3 aromatic rings. The summed E-state index contributed by atoms with van der Waals surface area (Å²) < 4.78 is 36.2. The predicted molar refractivity (Wildman–Crippen MR) is 124 cm³/mol. The number of nitrogens with zero attached hydrogens (tertiary/aromatic N) is 3. The van der Waals surface area contributed by atoms with Crippen LogP contribution in [0.15, 0.2) is 24.7 Å². The predicted octanol–water partition coefficient (Wildman–Crippen LogP) is 3.65. The van der Waals surface area contributed by atoms with E-state index in [1.165, 1.54) is 18.0 Å². The normalized spacial score (nSPS) is 16.3. The minimum atomic E-state index is -1.19. The summed E-state index contributed by atoms with van der Waals surface area (Å²) in [6.45, 7) is 4.38. The zero-order valence-electron chi connectivity index (χ0n) is 19.8. The lowest BCUT2D eigenvalue weighted by Crippen LogP contribution is -2.35. The Morgan fingerprint density at radius 1 is 1.28 bits per heavy atom. The molecule has 2 amide bonds. The summed E-state index contributed by atoms with van der Waals surface area (Å²) in [6, 6.07) is 0.934. The molecule has 192 valence electrons. The minimum Gasteiger partial charge on any atom is -0.465 e. The van der Waals surface area contributed by atoms with Gasteiger partial charge in [-0.2, -0.15) is 5.10 Å². The van der Waals surface area contributed by atoms with Crippen LogP contribution in [0.25, 0.3) is 5.52 Å². The third-order valence-corrected chi connectivity index (χ3v) is 5.92. The highest BCUT2D eigenvalue weighted by Crippen LogP contribution is 2.38. The standard InChI is InChI=1S/C23H26F2N6O5/c1-11(2)18-13(19(29-23(33)34)17-5-4-6-36-17)9-31-20(18)21(26-10-27-31)28-16-7-12(22(32)30-35-3)14(24)8-15(16)25/h7-11,17,19,29H,4-6H2,1-3H3,(H,30,32)(H,33,34)(H,26,27,28). The Hall–Kier alpha value is -3.84. The maximum Gasteiger partial charge on any atom is 0.405 e. The molecule has 0 aliphatic carbocycles. The van der Waals surface area contributed by atoms with Crippen molar-refractivity contribution in [3.05, 3.63) is 53.0 Å². The van der Waals surface area contributed by atoms with E-state index in [1.807, 2.05) is 19.3 Å². The molecule has 1 aliphatic rings. The van der Waals surface area contributed by atoms with Crippen molar-refractivity contribution in [1.82, 2.24) is 25.4 Å². The first kappa shape index (κ1) is 25.3. The van der Waals surface area contributed by atoms with E-state index in [-0.39, 0.29) is 23.5 Å². The van der Waals surface area contributed by atoms with Crippen molar-refractivity contribution < 1.29 is 33.1 Å². The number of halogens is 2. The number of hydrogen-bond acceptors (Lipinski definition) is 7. The fourth-order valence-corrected chi connectivity index (χ4v) is 4.46. The van der Waals surface area contributed by atoms with Crippen LogP contribution in [0.2, 0.25) is 0 Å². The number of rotatable bonds is 8. The van der Waals surface area contributed by atoms with Gasteiger partial charge in [-0.15, -0.1) is 0 Å². The van der Waals surface area contributed by atoms with Gasteiger partial charge in [-0.25, -0.2) is 28.6 Å². The molecule has 1 aliphatic heterocycles. The third kappa shape index (κ3) is 4.93. The SMILES string of the molecule is CONC(=O)c1cc(Nc2ncnn3cc(C(NC(=O)O)C4CCCO4)c(C(C)C)c23)c(F)cc1F. The Morgan fingerprint density at radius 3 is 2.69 bits per heavy atom. The first-order chi connectivity index (χ1) is 17.2. The van der Waals surface area contributed by atoms with Gasteiger partial charge < -0.3 is 20.5 Å². The smallest absolute Gasteiger partial charge is 0.405 e. The highest BCUT2D eigenvalue weighted by atomic mass is 19.1. The van der Waals surface area contributed by atoms with Crippen LogP contribution in [0.4, 0.5) is 25.1 Å². The molecule has 1 fully saturated rings. The van der Waals surface area contributed by atoms with E-state index >= 15 is 0 Å². The number of nitrogens with one attached hydrogen (secondary N) is 3. The number of ether oxygens (including phenoxy) is 1. The van der Waals surface area contributed by atoms with Gasteiger partial charge in [0.05, 0.1) is 30.5 Å². The topological polar surface area (TPSA) is 139 Å². The van der Waals surface area contributed by atoms with Gasteiger partial charge in [-0.05, 0) is 30.4 Å². The number of carbonyl (C=O) groups excluding carboxylic acids is 1. The van der Waals surface area contributed by atoms with Crippen molar-refractivity contribution in [1.29, 1.82) is 0 Å². The van der Waals surface area contributed by atoms with Gasteiger partial charge in [0.25, 0.3) is 5.91 Å². The molecular weight excluding hydrogens is 478 g/mol. The Balaban J connectivity index is 1.83. The summed E-state index contributed by atoms with van der Waals surface area (Å²) in [5.74, 6) is -2.83. The second-order valence-corrected chi connectivity index (χ2v) is 8.61. The van der Waals surface area contributed by atoms with Crippen molar-refractivity contribution in [3.8, 4) is 0 Å². The number of carbonyl (C=O) groups is 2. The second kappa shape index (κ2) is 10.4. The molecule has 2 atom stereocenters. The monoisotopic (exact) mass is 504 g/mol. The first-order valence-corrected chi connectivity index (χ1v) is 11.3. The molecule has 36 heavy (non-hydrogen) atoms. The Labute approximate surface area is 204 Å². The van der Waals surface area contributed by atoms with Crippen molar-refractivity contribution in [2.45, 2.75) is 44.8 Å². The van der Waals surface area contributed by atoms with E-state index < -0.39 is 35.2 Å². The van der Waals surface area contributed by atoms with Gasteiger partial charge in [0.2, 0.25) is 0 Å². The van der Waals surface area contributed by atoms with Crippen LogP contribution in [0.3, 0.4) is 0 Å². The average Bonchev–Trinajstić information content (AvgIpc) is 3.48. The van der Waals surface area contributed by atoms with Crippen molar-refractivity contribution in [2.75, 3.05) is 19.0 Å². The van der Waals surface area contributed by atoms with Gasteiger partial charge in [0.15, 0.2) is 5.82 Å². The number of carboxylic acid groups (broad SMARTS) is 1. The van der Waals surface area contributed by atoms with E-state index in [1.54, 1.807) is 6.20 Å². The summed E-state index contributed by atoms with van der Waals surface area (Å²) in [6.07, 6.45) is 2.87. The Bertz CT molecular complexity index is 1290. The Kier molecular flexibility index (Phi) is 7.31. The molecule has 11 nitrogen and oxygen atoms in total. The summed E-state index contributed by atoms with van der Waals surface area (Å²) in [4.78, 5) is 32.5. The lowest BCUT2D eigenvalue weighted by atomic mass is 9.92. The molecule has 13 heteroatoms. The number of fused-ring (bicyclic) bond motifs is 1. The van der Waals surface area contributed by atoms with Gasteiger partial charge in [-0.3, -0.25) is 9.63 Å². The molecule has 0 bridgehead atoms. The number of anilines is 2. The molecule has 0 radical (unpaired) electrons. The number of hydrogen-bond donors (Lipinski definition) is 4. The molecular formula is C23H26F2N6O5. The van der Waals surface area contributed by atoms with E-state index in [2.05, 4.69) is 25.6 Å². The molecule has 1 saturated heterocycles. The summed E-state index contributed by atoms with van der Waals surface area (Å²) in [5.41, 5.74) is 3.23. The van der Waals surface area contributed by atoms with Gasteiger partial charge in [0, 0.05) is 24.4 Å². The summed E-state index contributed by atoms with van der Waals surface area (Å²) in [7, 11) is 1.19. The molecule has 0 spiro atoms. The molecule has 4 N–H and O–H groups in total. The van der Waals surface area contributed by atoms with Crippen molar-refractivity contribution in [3.63, 3.8) is 0 Å². The van der Waals surface area contributed by atoms with E-state index in [0.717, 1.165) is 18.1 Å². The van der Waals surface area contributed by atoms with E-state index in [9.17, 15) is 23.5 Å². The first-order valence-electron chi connectivity index (χ1n) is 11.3. The quantitative estimate of drug-likeness (QED) is 0.341. The van der Waals surface area contributed by atoms with Crippen LogP contribution in [-0.2, 0) is 9.57 Å². The highest BCUT2D eigenvalue weighted by molar-refractivity contribution is 5.95. The van der Waals surface area contributed by atoms with Crippen LogP contribution in [0.1, 0.15) is 60.1 Å². The van der Waals surface area contributed by atoms with Crippen LogP contribution < -0.4 is 16.1 Å². The van der Waals surface area contributed by atoms with Crippen LogP contribution in [0.5, 0.6) is 0 Å². The Morgan fingerprint density at radius 2 is 2.06 bits per heavy atom. The average molecular weight is 504 g/mol. The van der Waals surface area contributed by atoms with Gasteiger partial charge in [-0.1, -0.05) is 13.8 Å². The lowest BCUT2D eigenvalue weighted by Gasteiger charge is -2.24. The lowest BCUT2D eigenvalue weighted by molar-refractivity contribution is 0.0533. The molecule has 2 unspecified atom stereocenters. The molecule has 2 aromatic heterocycles. The van der Waals surface area contributed by atoms with E-state index in [4.69, 9.17) is 4.74 Å². The summed E-state index contributed by atoms with van der Waals surface area (Å²) in [5, 5.41) is 19.1. The van der Waals surface area contributed by atoms with Gasteiger partial charge in [0.1, 0.15) is 23.5 Å². The highest BCUT2D eigenvalue weighted by Gasteiger charge is 2.33. The number of aromatic nitrogens is 3. The zero-order valence-corrected chi connectivity index (χ0v) is 19.8. The minimum absolute atomic E-state index is 0.114. The van der Waals surface area contributed by atoms with E-state index in [0.29, 0.717) is 30.2 Å². The fraction of sp³-hybridized carbons (Fsp3) is 0.391. The zero-order chi connectivity index (χ0) is 26.0. The third-order valence-electron chi connectivity index (χ3n) is 5.92. The maximum atomic E-state index is 14.7. The number of amides is 2. The number of benzene rings is 1. The molecule has 4 rings (SSSR count). The molecule has 0 saturated carbocycles. The molecule has 1 aromatic carbocycles. The van der Waals surface area contributed by atoms with Crippen LogP contribution >= 0.6 is 0 Å². The van der Waals surface area contributed by atoms with Gasteiger partial charge >= 0.3 is 6.09 Å². The summed E-state index contributed by atoms with van der Waals surface area (Å²) >= 11 is 0. The molecule has 3 heterocycles. The second-order valence-electron chi connectivity index (χ2n) is 8.61. The van der Waals surface area contributed by atoms with Crippen molar-refractivity contribution >= 4 is 29.0 Å². The van der Waals surface area contributed by atoms with Crippen LogP contribution in [-0.4, -0.2) is 51.5 Å². The maximum absolute atomic E-state index is 14.7. The van der Waals surface area contributed by atoms with Crippen LogP contribution in [0, 0.1) is 11.6 Å².